The van der Waals surface area contributed by atoms with Gasteiger partial charge in [-0.05, 0) is 24.1 Å². The molecule has 1 aliphatic rings. The molecule has 4 rings (SSSR count). The molecule has 10 heteroatoms. The van der Waals surface area contributed by atoms with Crippen LogP contribution in [0.25, 0.3) is 11.2 Å². The monoisotopic (exact) mass is 401 g/mol. The molecule has 0 aliphatic carbocycles. The van der Waals surface area contributed by atoms with Crippen LogP contribution in [0.4, 0.5) is 5.82 Å². The van der Waals surface area contributed by atoms with Gasteiger partial charge in [0.1, 0.15) is 35.9 Å². The van der Waals surface area contributed by atoms with Crippen molar-refractivity contribution in [3.63, 3.8) is 0 Å². The summed E-state index contributed by atoms with van der Waals surface area (Å²) in [5.74, 6) is 0.405. The summed E-state index contributed by atoms with van der Waals surface area (Å²) in [5, 5.41) is 30.4. The van der Waals surface area contributed by atoms with Crippen LogP contribution in [0.5, 0.6) is 5.75 Å². The van der Waals surface area contributed by atoms with Crippen LogP contribution in [-0.4, -0.2) is 59.8 Å². The number of ether oxygens (including phenoxy) is 2. The molecule has 3 aromatic rings. The van der Waals surface area contributed by atoms with Gasteiger partial charge in [0.2, 0.25) is 0 Å². The molecule has 0 amide bonds. The van der Waals surface area contributed by atoms with Gasteiger partial charge in [0.05, 0.1) is 19.0 Å². The van der Waals surface area contributed by atoms with Crippen LogP contribution in [0, 0.1) is 0 Å². The van der Waals surface area contributed by atoms with Gasteiger partial charge in [0.15, 0.2) is 17.7 Å². The number of anilines is 1. The van der Waals surface area contributed by atoms with Gasteiger partial charge < -0.3 is 30.5 Å². The molecule has 10 nitrogen and oxygen atoms in total. The van der Waals surface area contributed by atoms with Crippen molar-refractivity contribution in [3.8, 4) is 5.75 Å². The topological polar surface area (TPSA) is 149 Å². The Balaban J connectivity index is 1.48. The Labute approximate surface area is 166 Å². The number of aliphatic hydroxyl groups is 2. The van der Waals surface area contributed by atoms with Gasteiger partial charge in [-0.2, -0.15) is 0 Å². The number of imidazole rings is 1. The number of nitrogen functional groups attached to an aromatic ring is 1. The number of aromatic hydroxyl groups is 1. The number of hydrogen-bond donors (Lipinski definition) is 4. The second-order valence-corrected chi connectivity index (χ2v) is 6.95. The highest BCUT2D eigenvalue weighted by molar-refractivity contribution is 5.81. The van der Waals surface area contributed by atoms with E-state index in [1.54, 1.807) is 24.3 Å². The van der Waals surface area contributed by atoms with Crippen molar-refractivity contribution in [3.05, 3.63) is 42.5 Å². The van der Waals surface area contributed by atoms with Gasteiger partial charge in [-0.25, -0.2) is 15.0 Å². The lowest BCUT2D eigenvalue weighted by Crippen LogP contribution is -2.34. The lowest BCUT2D eigenvalue weighted by Gasteiger charge is -2.21. The van der Waals surface area contributed by atoms with Gasteiger partial charge in [-0.1, -0.05) is 19.1 Å². The minimum atomic E-state index is -1.19. The van der Waals surface area contributed by atoms with Crippen LogP contribution in [0.1, 0.15) is 31.2 Å². The molecule has 2 aromatic heterocycles. The Morgan fingerprint density at radius 2 is 1.93 bits per heavy atom. The zero-order valence-corrected chi connectivity index (χ0v) is 15.8. The third-order valence-electron chi connectivity index (χ3n) is 5.10. The zero-order valence-electron chi connectivity index (χ0n) is 15.8. The van der Waals surface area contributed by atoms with Gasteiger partial charge in [-0.15, -0.1) is 0 Å². The van der Waals surface area contributed by atoms with E-state index >= 15 is 0 Å². The first-order valence-corrected chi connectivity index (χ1v) is 9.34. The highest BCUT2D eigenvalue weighted by Crippen LogP contribution is 2.33. The van der Waals surface area contributed by atoms with Crippen molar-refractivity contribution >= 4 is 17.0 Å². The number of aliphatic hydroxyl groups excluding tert-OH is 2. The fraction of sp³-hybridized carbons (Fsp3) is 0.421. The number of fused-ring (bicyclic) bond motifs is 1. The number of nitrogens with zero attached hydrogens (tertiary/aromatic N) is 4. The predicted octanol–water partition coefficient (Wildman–Crippen LogP) is 0.901. The summed E-state index contributed by atoms with van der Waals surface area (Å²) in [6.07, 6.45) is -0.738. The summed E-state index contributed by atoms with van der Waals surface area (Å²) >= 11 is 0. The van der Waals surface area contributed by atoms with E-state index < -0.39 is 24.5 Å². The molecule has 154 valence electrons. The summed E-state index contributed by atoms with van der Waals surface area (Å²) < 4.78 is 13.4. The Morgan fingerprint density at radius 1 is 1.17 bits per heavy atom. The Hall–Kier alpha value is -2.79. The number of phenols is 1. The summed E-state index contributed by atoms with van der Waals surface area (Å²) in [6.45, 7) is 2.06. The van der Waals surface area contributed by atoms with E-state index in [1.807, 2.05) is 6.92 Å². The van der Waals surface area contributed by atoms with Crippen LogP contribution in [0.3, 0.4) is 0 Å². The van der Waals surface area contributed by atoms with E-state index in [1.165, 1.54) is 17.2 Å². The second kappa shape index (κ2) is 7.91. The lowest BCUT2D eigenvalue weighted by molar-refractivity contribution is -0.0823. The fourth-order valence-corrected chi connectivity index (χ4v) is 3.50. The van der Waals surface area contributed by atoms with Crippen molar-refractivity contribution in [2.75, 3.05) is 12.3 Å². The van der Waals surface area contributed by atoms with Crippen molar-refractivity contribution in [1.82, 2.24) is 19.5 Å². The normalized spacial score (nSPS) is 25.5. The molecular formula is C19H23N5O5. The highest BCUT2D eigenvalue weighted by atomic mass is 16.6. The number of benzene rings is 1. The van der Waals surface area contributed by atoms with E-state index in [-0.39, 0.29) is 24.3 Å². The molecule has 0 radical (unpaired) electrons. The molecular weight excluding hydrogens is 378 g/mol. The van der Waals surface area contributed by atoms with Crippen LogP contribution in [0.2, 0.25) is 0 Å². The molecule has 5 N–H and O–H groups in total. The SMILES string of the molecule is CCC(OC[C@H]1O[C@@H](n2cnc3c(N)ncnc32)[C@H](O)[C@@H]1O)c1ccc(O)cc1. The Bertz CT molecular complexity index is 979. The molecule has 1 aromatic carbocycles. The third-order valence-corrected chi connectivity index (χ3v) is 5.10. The standard InChI is InChI=1S/C19H23N5O5/c1-2-12(10-3-5-11(25)6-4-10)28-7-13-15(26)16(27)19(29-13)24-9-23-14-17(20)21-8-22-18(14)24/h3-6,8-9,12-13,15-16,19,25-27H,2,7H2,1H3,(H2,20,21,22)/t12?,13-,15-,16-,19-/m1/s1. The first kappa shape index (κ1) is 19.5. The number of hydrogen-bond acceptors (Lipinski definition) is 9. The molecule has 0 saturated carbocycles. The molecule has 5 atom stereocenters. The fourth-order valence-electron chi connectivity index (χ4n) is 3.50. The number of aromatic nitrogens is 4. The minimum absolute atomic E-state index is 0.0812. The predicted molar refractivity (Wildman–Crippen MR) is 103 cm³/mol. The van der Waals surface area contributed by atoms with E-state index in [0.29, 0.717) is 17.6 Å². The van der Waals surface area contributed by atoms with Crippen LogP contribution < -0.4 is 5.73 Å². The minimum Gasteiger partial charge on any atom is -0.508 e. The molecule has 29 heavy (non-hydrogen) atoms. The van der Waals surface area contributed by atoms with E-state index in [9.17, 15) is 15.3 Å². The van der Waals surface area contributed by atoms with Gasteiger partial charge >= 0.3 is 0 Å². The lowest BCUT2D eigenvalue weighted by atomic mass is 10.1. The summed E-state index contributed by atoms with van der Waals surface area (Å²) in [4.78, 5) is 12.2. The molecule has 1 unspecified atom stereocenters. The molecule has 1 aliphatic heterocycles. The number of rotatable bonds is 6. The Kier molecular flexibility index (Phi) is 5.33. The summed E-state index contributed by atoms with van der Waals surface area (Å²) in [7, 11) is 0. The Morgan fingerprint density at radius 3 is 2.66 bits per heavy atom. The van der Waals surface area contributed by atoms with Gasteiger partial charge in [-0.3, -0.25) is 4.57 Å². The third kappa shape index (κ3) is 3.62. The maximum absolute atomic E-state index is 10.5. The average Bonchev–Trinajstić information content (AvgIpc) is 3.27. The highest BCUT2D eigenvalue weighted by Gasteiger charge is 2.44. The van der Waals surface area contributed by atoms with Gasteiger partial charge in [0.25, 0.3) is 0 Å². The smallest absolute Gasteiger partial charge is 0.167 e. The maximum Gasteiger partial charge on any atom is 0.167 e. The number of phenolic OH excluding ortho intramolecular Hbond substituents is 1. The molecule has 1 fully saturated rings. The van der Waals surface area contributed by atoms with Crippen molar-refractivity contribution in [2.45, 2.75) is 44.0 Å². The molecule has 3 heterocycles. The first-order valence-electron chi connectivity index (χ1n) is 9.34. The largest absolute Gasteiger partial charge is 0.508 e. The summed E-state index contributed by atoms with van der Waals surface area (Å²) in [6, 6.07) is 6.77. The van der Waals surface area contributed by atoms with Crippen LogP contribution in [-0.2, 0) is 9.47 Å². The van der Waals surface area contributed by atoms with Crippen molar-refractivity contribution in [1.29, 1.82) is 0 Å². The second-order valence-electron chi connectivity index (χ2n) is 6.95. The summed E-state index contributed by atoms with van der Waals surface area (Å²) in [5.41, 5.74) is 7.52. The number of nitrogens with two attached hydrogens (primary N) is 1. The average molecular weight is 401 g/mol. The first-order chi connectivity index (χ1) is 14.0. The quantitative estimate of drug-likeness (QED) is 0.472. The molecule has 1 saturated heterocycles. The van der Waals surface area contributed by atoms with Crippen LogP contribution in [0.15, 0.2) is 36.9 Å². The van der Waals surface area contributed by atoms with Gasteiger partial charge in [0, 0.05) is 0 Å². The molecule has 0 bridgehead atoms. The van der Waals surface area contributed by atoms with E-state index in [0.717, 1.165) is 5.56 Å². The van der Waals surface area contributed by atoms with E-state index in [2.05, 4.69) is 15.0 Å². The van der Waals surface area contributed by atoms with E-state index in [4.69, 9.17) is 15.2 Å². The van der Waals surface area contributed by atoms with Crippen LogP contribution >= 0.6 is 0 Å². The molecule has 0 spiro atoms. The van der Waals surface area contributed by atoms with Crippen molar-refractivity contribution < 1.29 is 24.8 Å². The maximum atomic E-state index is 10.5. The van der Waals surface area contributed by atoms with Crippen molar-refractivity contribution in [2.24, 2.45) is 0 Å². The zero-order chi connectivity index (χ0) is 20.5.